The number of benzene rings is 1. The van der Waals surface area contributed by atoms with Gasteiger partial charge in [-0.25, -0.2) is 4.39 Å². The molecule has 1 saturated heterocycles. The number of halogens is 1. The number of allylic oxidation sites excluding steroid dienone is 1. The molecule has 1 heterocycles. The number of piperidine rings is 1. The van der Waals surface area contributed by atoms with E-state index >= 15 is 0 Å². The first-order valence-corrected chi connectivity index (χ1v) is 8.54. The molecule has 1 aliphatic heterocycles. The molecule has 4 nitrogen and oxygen atoms in total. The van der Waals surface area contributed by atoms with Gasteiger partial charge in [0.15, 0.2) is 0 Å². The second-order valence-electron chi connectivity index (χ2n) is 6.31. The van der Waals surface area contributed by atoms with Crippen molar-refractivity contribution in [1.29, 1.82) is 0 Å². The molecular formula is C19H27FN2O2. The van der Waals surface area contributed by atoms with Crippen LogP contribution < -0.4 is 5.32 Å². The number of carbonyl (C=O) groups is 1. The van der Waals surface area contributed by atoms with Gasteiger partial charge in [-0.05, 0) is 49.5 Å². The summed E-state index contributed by atoms with van der Waals surface area (Å²) in [7, 11) is 1.72. The molecule has 0 spiro atoms. The van der Waals surface area contributed by atoms with E-state index in [1.54, 1.807) is 25.3 Å². The van der Waals surface area contributed by atoms with E-state index in [2.05, 4.69) is 10.2 Å². The van der Waals surface area contributed by atoms with Crippen LogP contribution in [0.4, 0.5) is 4.39 Å². The van der Waals surface area contributed by atoms with Crippen molar-refractivity contribution in [3.63, 3.8) is 0 Å². The molecular weight excluding hydrogens is 307 g/mol. The van der Waals surface area contributed by atoms with E-state index in [4.69, 9.17) is 4.74 Å². The summed E-state index contributed by atoms with van der Waals surface area (Å²) < 4.78 is 18.3. The van der Waals surface area contributed by atoms with Crippen molar-refractivity contribution in [1.82, 2.24) is 10.2 Å². The van der Waals surface area contributed by atoms with Crippen molar-refractivity contribution in [3.05, 3.63) is 41.7 Å². The fraction of sp³-hybridized carbons (Fsp3) is 0.526. The highest BCUT2D eigenvalue weighted by Gasteiger charge is 2.19. The van der Waals surface area contributed by atoms with Crippen molar-refractivity contribution in [2.24, 2.45) is 0 Å². The van der Waals surface area contributed by atoms with E-state index in [0.29, 0.717) is 0 Å². The molecule has 1 aliphatic rings. The number of rotatable bonds is 7. The normalized spacial score (nSPS) is 17.0. The molecule has 0 radical (unpaired) electrons. The summed E-state index contributed by atoms with van der Waals surface area (Å²) in [5, 5.41) is 3.06. The fourth-order valence-electron chi connectivity index (χ4n) is 2.99. The molecule has 0 unspecified atom stereocenters. The summed E-state index contributed by atoms with van der Waals surface area (Å²) in [4.78, 5) is 14.6. The van der Waals surface area contributed by atoms with E-state index in [9.17, 15) is 9.18 Å². The van der Waals surface area contributed by atoms with E-state index < -0.39 is 0 Å². The second kappa shape index (κ2) is 9.55. The molecule has 0 bridgehead atoms. The second-order valence-corrected chi connectivity index (χ2v) is 6.31. The fourth-order valence-corrected chi connectivity index (χ4v) is 2.99. The molecule has 1 fully saturated rings. The topological polar surface area (TPSA) is 41.6 Å². The maximum absolute atomic E-state index is 13.2. The first-order chi connectivity index (χ1) is 11.6. The summed E-state index contributed by atoms with van der Waals surface area (Å²) in [6.45, 7) is 5.67. The summed E-state index contributed by atoms with van der Waals surface area (Å²) in [6, 6.07) is 6.52. The van der Waals surface area contributed by atoms with Gasteiger partial charge in [0.2, 0.25) is 5.91 Å². The van der Waals surface area contributed by atoms with Crippen LogP contribution in [0.25, 0.3) is 5.57 Å². The van der Waals surface area contributed by atoms with Crippen LogP contribution in [-0.2, 0) is 9.53 Å². The minimum atomic E-state index is -0.290. The monoisotopic (exact) mass is 334 g/mol. The number of nitrogens with one attached hydrogen (secondary N) is 1. The lowest BCUT2D eigenvalue weighted by atomic mass is 10.0. The number of nitrogens with zero attached hydrogens (tertiary/aromatic N) is 1. The zero-order valence-electron chi connectivity index (χ0n) is 14.6. The summed E-state index contributed by atoms with van der Waals surface area (Å²) in [6.07, 6.45) is 4.53. The van der Waals surface area contributed by atoms with Crippen LogP contribution in [0.5, 0.6) is 0 Å². The van der Waals surface area contributed by atoms with Crippen LogP contribution in [0, 0.1) is 5.82 Å². The molecule has 5 heteroatoms. The Bertz CT molecular complexity index is 566. The number of likely N-dealkylation sites (tertiary alicyclic amines) is 1. The maximum Gasteiger partial charge on any atom is 0.244 e. The lowest BCUT2D eigenvalue weighted by Gasteiger charge is -2.32. The third kappa shape index (κ3) is 6.06. The minimum Gasteiger partial charge on any atom is -0.385 e. The van der Waals surface area contributed by atoms with Gasteiger partial charge in [0.25, 0.3) is 0 Å². The van der Waals surface area contributed by atoms with Gasteiger partial charge in [-0.2, -0.15) is 0 Å². The van der Waals surface area contributed by atoms with Gasteiger partial charge in [-0.15, -0.1) is 0 Å². The number of carbonyl (C=O) groups excluding carboxylic acids is 1. The Balaban J connectivity index is 1.78. The average Bonchev–Trinajstić information content (AvgIpc) is 2.56. The van der Waals surface area contributed by atoms with Gasteiger partial charge in [-0.3, -0.25) is 4.79 Å². The molecule has 1 aromatic carbocycles. The molecule has 0 atom stereocenters. The number of methoxy groups -OCH3 is 1. The predicted molar refractivity (Wildman–Crippen MR) is 94.1 cm³/mol. The molecule has 24 heavy (non-hydrogen) atoms. The maximum atomic E-state index is 13.2. The standard InChI is InChI=1S/C19H27FN2O2/c1-15(16-5-3-6-17(20)14-16)13-19(23)21-18-7-10-22(11-8-18)9-4-12-24-2/h3,5-6,13-14,18H,4,7-12H2,1-2H3,(H,21,23)/b15-13-. The molecule has 0 aliphatic carbocycles. The van der Waals surface area contributed by atoms with Crippen LogP contribution in [0.1, 0.15) is 31.7 Å². The molecule has 0 aromatic heterocycles. The molecule has 1 amide bonds. The molecule has 132 valence electrons. The van der Waals surface area contributed by atoms with Gasteiger partial charge >= 0.3 is 0 Å². The highest BCUT2D eigenvalue weighted by Crippen LogP contribution is 2.15. The first kappa shape index (κ1) is 18.6. The van der Waals surface area contributed by atoms with E-state index in [1.807, 2.05) is 6.92 Å². The predicted octanol–water partition coefficient (Wildman–Crippen LogP) is 2.85. The Morgan fingerprint density at radius 3 is 2.83 bits per heavy atom. The third-order valence-corrected chi connectivity index (χ3v) is 4.38. The largest absolute Gasteiger partial charge is 0.385 e. The van der Waals surface area contributed by atoms with Gasteiger partial charge < -0.3 is 15.0 Å². The smallest absolute Gasteiger partial charge is 0.244 e. The van der Waals surface area contributed by atoms with Gasteiger partial charge in [0, 0.05) is 45.5 Å². The lowest BCUT2D eigenvalue weighted by Crippen LogP contribution is -2.44. The Morgan fingerprint density at radius 1 is 1.42 bits per heavy atom. The Kier molecular flexibility index (Phi) is 7.40. The lowest BCUT2D eigenvalue weighted by molar-refractivity contribution is -0.117. The van der Waals surface area contributed by atoms with Gasteiger partial charge in [0.1, 0.15) is 5.82 Å². The molecule has 2 rings (SSSR count). The summed E-state index contributed by atoms with van der Waals surface area (Å²) in [5.41, 5.74) is 1.50. The van der Waals surface area contributed by atoms with Gasteiger partial charge in [0.05, 0.1) is 0 Å². The zero-order valence-corrected chi connectivity index (χ0v) is 14.6. The van der Waals surface area contributed by atoms with E-state index in [0.717, 1.165) is 56.6 Å². The first-order valence-electron chi connectivity index (χ1n) is 8.54. The average molecular weight is 334 g/mol. The van der Waals surface area contributed by atoms with Crippen molar-refractivity contribution < 1.29 is 13.9 Å². The minimum absolute atomic E-state index is 0.102. The Hall–Kier alpha value is -1.72. The summed E-state index contributed by atoms with van der Waals surface area (Å²) >= 11 is 0. The number of ether oxygens (including phenoxy) is 1. The Labute approximate surface area is 143 Å². The van der Waals surface area contributed by atoms with E-state index in [1.165, 1.54) is 12.1 Å². The highest BCUT2D eigenvalue weighted by atomic mass is 19.1. The number of amides is 1. The van der Waals surface area contributed by atoms with Crippen molar-refractivity contribution in [2.75, 3.05) is 33.4 Å². The third-order valence-electron chi connectivity index (χ3n) is 4.38. The molecule has 1 aromatic rings. The Morgan fingerprint density at radius 2 is 2.17 bits per heavy atom. The quantitative estimate of drug-likeness (QED) is 0.616. The molecule has 0 saturated carbocycles. The highest BCUT2D eigenvalue weighted by molar-refractivity contribution is 5.95. The zero-order chi connectivity index (χ0) is 17.4. The van der Waals surface area contributed by atoms with Crippen LogP contribution in [0.15, 0.2) is 30.3 Å². The van der Waals surface area contributed by atoms with Gasteiger partial charge in [-0.1, -0.05) is 12.1 Å². The van der Waals surface area contributed by atoms with Crippen LogP contribution in [-0.4, -0.2) is 50.2 Å². The van der Waals surface area contributed by atoms with Crippen molar-refractivity contribution in [3.8, 4) is 0 Å². The number of hydrogen-bond donors (Lipinski definition) is 1. The SMILES string of the molecule is COCCCN1CCC(NC(=O)/C=C(/C)c2cccc(F)c2)CC1. The van der Waals surface area contributed by atoms with Crippen LogP contribution >= 0.6 is 0 Å². The summed E-state index contributed by atoms with van der Waals surface area (Å²) in [5.74, 6) is -0.393. The number of hydrogen-bond acceptors (Lipinski definition) is 3. The van der Waals surface area contributed by atoms with E-state index in [-0.39, 0.29) is 17.8 Å². The van der Waals surface area contributed by atoms with Crippen LogP contribution in [0.3, 0.4) is 0 Å². The van der Waals surface area contributed by atoms with Crippen molar-refractivity contribution in [2.45, 2.75) is 32.2 Å². The molecule has 1 N–H and O–H groups in total. The van der Waals surface area contributed by atoms with Crippen LogP contribution in [0.2, 0.25) is 0 Å². The van der Waals surface area contributed by atoms with Crippen molar-refractivity contribution >= 4 is 11.5 Å².